The van der Waals surface area contributed by atoms with Gasteiger partial charge in [0, 0.05) is 10.6 Å². The molecule has 0 radical (unpaired) electrons. The van der Waals surface area contributed by atoms with Crippen LogP contribution >= 0.6 is 11.6 Å². The van der Waals surface area contributed by atoms with E-state index in [1.54, 1.807) is 0 Å². The van der Waals surface area contributed by atoms with E-state index < -0.39 is 0 Å². The van der Waals surface area contributed by atoms with Gasteiger partial charge in [0.05, 0.1) is 0 Å². The van der Waals surface area contributed by atoms with E-state index in [1.165, 1.54) is 18.4 Å². The van der Waals surface area contributed by atoms with Crippen molar-refractivity contribution >= 4 is 11.6 Å². The van der Waals surface area contributed by atoms with Gasteiger partial charge in [-0.2, -0.15) is 0 Å². The molecule has 1 fully saturated rings. The van der Waals surface area contributed by atoms with Gasteiger partial charge in [0.2, 0.25) is 0 Å². The molecule has 3 unspecified atom stereocenters. The normalized spacial score (nSPS) is 33.6. The van der Waals surface area contributed by atoms with E-state index in [2.05, 4.69) is 19.9 Å². The first-order chi connectivity index (χ1) is 8.01. The van der Waals surface area contributed by atoms with E-state index in [-0.39, 0.29) is 5.54 Å². The molecule has 0 aliphatic heterocycles. The highest BCUT2D eigenvalue weighted by Gasteiger charge is 2.37. The molecule has 1 nitrogen and oxygen atoms in total. The highest BCUT2D eigenvalue weighted by atomic mass is 35.5. The maximum atomic E-state index is 6.64. The Bertz CT molecular complexity index is 390. The predicted octanol–water partition coefficient (Wildman–Crippen LogP) is 4.04. The maximum Gasteiger partial charge on any atom is 0.0438 e. The molecule has 0 bridgehead atoms. The Hall–Kier alpha value is -0.530. The van der Waals surface area contributed by atoms with E-state index in [0.29, 0.717) is 5.92 Å². The van der Waals surface area contributed by atoms with Gasteiger partial charge in [-0.3, -0.25) is 0 Å². The molecule has 1 aliphatic carbocycles. The standard InChI is InChI=1S/C15H22ClN/c1-11-7-8-12(2)15(17,9-11)10-13-5-3-4-6-14(13)16/h3-6,11-12H,7-10,17H2,1-2H3. The second kappa shape index (κ2) is 4.99. The molecular formula is C15H22ClN. The van der Waals surface area contributed by atoms with Gasteiger partial charge >= 0.3 is 0 Å². The van der Waals surface area contributed by atoms with Gasteiger partial charge in [-0.1, -0.05) is 50.1 Å². The molecule has 94 valence electrons. The summed E-state index contributed by atoms with van der Waals surface area (Å²) < 4.78 is 0. The highest BCUT2D eigenvalue weighted by Crippen LogP contribution is 2.38. The summed E-state index contributed by atoms with van der Waals surface area (Å²) in [5, 5.41) is 0.850. The molecule has 0 aromatic heterocycles. The average molecular weight is 252 g/mol. The molecule has 1 aromatic rings. The van der Waals surface area contributed by atoms with Crippen LogP contribution in [0.4, 0.5) is 0 Å². The van der Waals surface area contributed by atoms with Crippen molar-refractivity contribution in [3.63, 3.8) is 0 Å². The summed E-state index contributed by atoms with van der Waals surface area (Å²) in [6.45, 7) is 4.59. The van der Waals surface area contributed by atoms with Crippen molar-refractivity contribution in [1.29, 1.82) is 0 Å². The summed E-state index contributed by atoms with van der Waals surface area (Å²) in [7, 11) is 0. The molecule has 0 amide bonds. The maximum absolute atomic E-state index is 6.64. The lowest BCUT2D eigenvalue weighted by molar-refractivity contribution is 0.161. The molecule has 3 atom stereocenters. The minimum Gasteiger partial charge on any atom is -0.325 e. The Labute approximate surface area is 109 Å². The lowest BCUT2D eigenvalue weighted by Crippen LogP contribution is -2.51. The van der Waals surface area contributed by atoms with Crippen LogP contribution in [0.25, 0.3) is 0 Å². The summed E-state index contributed by atoms with van der Waals surface area (Å²) in [5.41, 5.74) is 7.75. The molecule has 2 heteroatoms. The number of hydrogen-bond acceptors (Lipinski definition) is 1. The number of halogens is 1. The highest BCUT2D eigenvalue weighted by molar-refractivity contribution is 6.31. The molecule has 1 saturated carbocycles. The van der Waals surface area contributed by atoms with Gasteiger partial charge in [0.1, 0.15) is 0 Å². The van der Waals surface area contributed by atoms with Crippen molar-refractivity contribution in [3.05, 3.63) is 34.9 Å². The zero-order valence-electron chi connectivity index (χ0n) is 10.7. The first-order valence-electron chi connectivity index (χ1n) is 6.53. The van der Waals surface area contributed by atoms with Crippen LogP contribution in [0.5, 0.6) is 0 Å². The lowest BCUT2D eigenvalue weighted by atomic mass is 9.68. The molecule has 2 N–H and O–H groups in total. The Kier molecular flexibility index (Phi) is 3.79. The number of hydrogen-bond donors (Lipinski definition) is 1. The third kappa shape index (κ3) is 2.83. The third-order valence-electron chi connectivity index (χ3n) is 4.28. The van der Waals surface area contributed by atoms with Gasteiger partial charge in [0.15, 0.2) is 0 Å². The first-order valence-corrected chi connectivity index (χ1v) is 6.91. The molecular weight excluding hydrogens is 230 g/mol. The Morgan fingerprint density at radius 2 is 2.00 bits per heavy atom. The molecule has 0 heterocycles. The first kappa shape index (κ1) is 12.9. The zero-order chi connectivity index (χ0) is 12.5. The van der Waals surface area contributed by atoms with Gasteiger partial charge in [-0.15, -0.1) is 0 Å². The minimum atomic E-state index is -0.0807. The van der Waals surface area contributed by atoms with E-state index in [9.17, 15) is 0 Å². The van der Waals surface area contributed by atoms with Gasteiger partial charge < -0.3 is 5.73 Å². The predicted molar refractivity (Wildman–Crippen MR) is 74.3 cm³/mol. The summed E-state index contributed by atoms with van der Waals surface area (Å²) in [6, 6.07) is 8.07. The fraction of sp³-hybridized carbons (Fsp3) is 0.600. The van der Waals surface area contributed by atoms with Crippen LogP contribution in [0.2, 0.25) is 5.02 Å². The van der Waals surface area contributed by atoms with E-state index in [0.717, 1.165) is 23.8 Å². The largest absolute Gasteiger partial charge is 0.325 e. The minimum absolute atomic E-state index is 0.0807. The van der Waals surface area contributed by atoms with E-state index in [4.69, 9.17) is 17.3 Å². The SMILES string of the molecule is CC1CCC(C)C(N)(Cc2ccccc2Cl)C1. The van der Waals surface area contributed by atoms with Crippen molar-refractivity contribution in [2.45, 2.75) is 45.1 Å². The molecule has 2 rings (SSSR count). The summed E-state index contributed by atoms with van der Waals surface area (Å²) in [4.78, 5) is 0. The smallest absolute Gasteiger partial charge is 0.0438 e. The lowest BCUT2D eigenvalue weighted by Gasteiger charge is -2.42. The van der Waals surface area contributed by atoms with Crippen molar-refractivity contribution in [2.24, 2.45) is 17.6 Å². The molecule has 0 spiro atoms. The average Bonchev–Trinajstić information content (AvgIpc) is 2.27. The molecule has 1 aliphatic rings. The third-order valence-corrected chi connectivity index (χ3v) is 4.65. The Morgan fingerprint density at radius 1 is 1.29 bits per heavy atom. The number of benzene rings is 1. The summed E-state index contributed by atoms with van der Waals surface area (Å²) >= 11 is 6.23. The van der Waals surface area contributed by atoms with Crippen LogP contribution < -0.4 is 5.73 Å². The van der Waals surface area contributed by atoms with Crippen molar-refractivity contribution < 1.29 is 0 Å². The number of nitrogens with two attached hydrogens (primary N) is 1. The van der Waals surface area contributed by atoms with Crippen molar-refractivity contribution in [3.8, 4) is 0 Å². The monoisotopic (exact) mass is 251 g/mol. The van der Waals surface area contributed by atoms with Gasteiger partial charge in [0.25, 0.3) is 0 Å². The second-order valence-corrected chi connectivity index (χ2v) is 6.20. The van der Waals surface area contributed by atoms with Crippen molar-refractivity contribution in [2.75, 3.05) is 0 Å². The molecule has 1 aromatic carbocycles. The van der Waals surface area contributed by atoms with Crippen LogP contribution in [0.1, 0.15) is 38.7 Å². The quantitative estimate of drug-likeness (QED) is 0.844. The van der Waals surface area contributed by atoms with Gasteiger partial charge in [-0.05, 0) is 42.7 Å². The summed E-state index contributed by atoms with van der Waals surface area (Å²) in [5.74, 6) is 1.31. The van der Waals surface area contributed by atoms with E-state index in [1.807, 2.05) is 18.2 Å². The topological polar surface area (TPSA) is 26.0 Å². The van der Waals surface area contributed by atoms with Crippen LogP contribution in [0, 0.1) is 11.8 Å². The van der Waals surface area contributed by atoms with Crippen LogP contribution in [-0.2, 0) is 6.42 Å². The molecule has 17 heavy (non-hydrogen) atoms. The van der Waals surface area contributed by atoms with E-state index >= 15 is 0 Å². The Balaban J connectivity index is 2.18. The van der Waals surface area contributed by atoms with Crippen LogP contribution in [0.3, 0.4) is 0 Å². The fourth-order valence-electron chi connectivity index (χ4n) is 3.02. The summed E-state index contributed by atoms with van der Waals surface area (Å²) in [6.07, 6.45) is 4.56. The van der Waals surface area contributed by atoms with Gasteiger partial charge in [-0.25, -0.2) is 0 Å². The van der Waals surface area contributed by atoms with Crippen LogP contribution in [0.15, 0.2) is 24.3 Å². The number of rotatable bonds is 2. The second-order valence-electron chi connectivity index (χ2n) is 5.79. The zero-order valence-corrected chi connectivity index (χ0v) is 11.5. The van der Waals surface area contributed by atoms with Crippen LogP contribution in [-0.4, -0.2) is 5.54 Å². The Morgan fingerprint density at radius 3 is 2.71 bits per heavy atom. The molecule has 0 saturated heterocycles. The fourth-order valence-corrected chi connectivity index (χ4v) is 3.22. The van der Waals surface area contributed by atoms with Crippen molar-refractivity contribution in [1.82, 2.24) is 0 Å².